The smallest absolute Gasteiger partial charge is 0.139 e. The third kappa shape index (κ3) is 2.55. The summed E-state index contributed by atoms with van der Waals surface area (Å²) in [6.07, 6.45) is 0.507. The molecule has 3 N–H and O–H groups in total. The maximum Gasteiger partial charge on any atom is 0.139 e. The summed E-state index contributed by atoms with van der Waals surface area (Å²) in [7, 11) is 0. The molecule has 2 unspecified atom stereocenters. The fourth-order valence-corrected chi connectivity index (χ4v) is 2.45. The lowest BCUT2D eigenvalue weighted by Crippen LogP contribution is -2.43. The van der Waals surface area contributed by atoms with E-state index < -0.39 is 0 Å². The third-order valence-electron chi connectivity index (χ3n) is 3.33. The van der Waals surface area contributed by atoms with E-state index in [-0.39, 0.29) is 17.8 Å². The van der Waals surface area contributed by atoms with Crippen molar-refractivity contribution in [1.29, 1.82) is 0 Å². The first-order chi connectivity index (χ1) is 7.99. The van der Waals surface area contributed by atoms with Crippen molar-refractivity contribution in [1.82, 2.24) is 0 Å². The number of aliphatic hydroxyl groups excluding tert-OH is 1. The molecule has 2 atom stereocenters. The van der Waals surface area contributed by atoms with Crippen LogP contribution in [-0.4, -0.2) is 24.3 Å². The lowest BCUT2D eigenvalue weighted by atomic mass is 9.95. The molecule has 0 spiro atoms. The Morgan fingerprint density at radius 3 is 2.88 bits per heavy atom. The van der Waals surface area contributed by atoms with E-state index in [1.54, 1.807) is 6.07 Å². The monoisotopic (exact) mass is 302 g/mol. The maximum absolute atomic E-state index is 13.5. The topological polar surface area (TPSA) is 49.5 Å². The Balaban J connectivity index is 2.26. The summed E-state index contributed by atoms with van der Waals surface area (Å²) < 4.78 is 13.9. The molecule has 1 heterocycles. The highest BCUT2D eigenvalue weighted by atomic mass is 79.9. The van der Waals surface area contributed by atoms with Gasteiger partial charge in [0.2, 0.25) is 0 Å². The molecule has 1 fully saturated rings. The van der Waals surface area contributed by atoms with Crippen LogP contribution in [0.25, 0.3) is 0 Å². The number of piperidine rings is 1. The van der Waals surface area contributed by atoms with Gasteiger partial charge in [-0.25, -0.2) is 4.39 Å². The average molecular weight is 303 g/mol. The number of nitrogens with two attached hydrogens (primary N) is 1. The van der Waals surface area contributed by atoms with Gasteiger partial charge in [-0.05, 0) is 34.3 Å². The molecule has 0 saturated carbocycles. The van der Waals surface area contributed by atoms with Crippen LogP contribution in [0, 0.1) is 11.7 Å². The van der Waals surface area contributed by atoms with Crippen molar-refractivity contribution in [2.45, 2.75) is 19.4 Å². The van der Waals surface area contributed by atoms with E-state index in [0.29, 0.717) is 22.4 Å². The Morgan fingerprint density at radius 2 is 2.24 bits per heavy atom. The second-order valence-corrected chi connectivity index (χ2v) is 5.46. The second-order valence-electron chi connectivity index (χ2n) is 4.60. The summed E-state index contributed by atoms with van der Waals surface area (Å²) in [4.78, 5) is 1.94. The summed E-state index contributed by atoms with van der Waals surface area (Å²) >= 11 is 3.10. The van der Waals surface area contributed by atoms with Crippen molar-refractivity contribution in [2.24, 2.45) is 5.92 Å². The Kier molecular flexibility index (Phi) is 3.58. The van der Waals surface area contributed by atoms with Gasteiger partial charge in [0.1, 0.15) is 5.82 Å². The van der Waals surface area contributed by atoms with Gasteiger partial charge in [-0.2, -0.15) is 0 Å². The summed E-state index contributed by atoms with van der Waals surface area (Å²) in [5, 5.41) is 9.84. The first-order valence-electron chi connectivity index (χ1n) is 5.66. The molecule has 0 aromatic heterocycles. The van der Waals surface area contributed by atoms with Gasteiger partial charge in [0.25, 0.3) is 0 Å². The lowest BCUT2D eigenvalue weighted by molar-refractivity contribution is 0.103. The quantitative estimate of drug-likeness (QED) is 0.783. The van der Waals surface area contributed by atoms with Crippen LogP contribution in [0.5, 0.6) is 0 Å². The molecule has 17 heavy (non-hydrogen) atoms. The lowest BCUT2D eigenvalue weighted by Gasteiger charge is -2.36. The van der Waals surface area contributed by atoms with Crippen LogP contribution in [0.2, 0.25) is 0 Å². The van der Waals surface area contributed by atoms with Gasteiger partial charge in [-0.1, -0.05) is 6.92 Å². The molecule has 1 aliphatic rings. The van der Waals surface area contributed by atoms with E-state index in [1.165, 1.54) is 6.07 Å². The molecule has 2 rings (SSSR count). The van der Waals surface area contributed by atoms with Gasteiger partial charge in [0.05, 0.1) is 22.0 Å². The Hall–Kier alpha value is -0.810. The van der Waals surface area contributed by atoms with Gasteiger partial charge in [0.15, 0.2) is 0 Å². The fourth-order valence-electron chi connectivity index (χ4n) is 2.09. The molecule has 1 aromatic carbocycles. The molecule has 0 amide bonds. The van der Waals surface area contributed by atoms with Gasteiger partial charge >= 0.3 is 0 Å². The van der Waals surface area contributed by atoms with Crippen LogP contribution >= 0.6 is 15.9 Å². The number of rotatable bonds is 1. The van der Waals surface area contributed by atoms with Crippen LogP contribution in [0.1, 0.15) is 13.3 Å². The Morgan fingerprint density at radius 1 is 1.53 bits per heavy atom. The highest BCUT2D eigenvalue weighted by molar-refractivity contribution is 9.10. The number of anilines is 2. The SMILES string of the molecule is CC1CCN(c2cc(F)c(Br)cc2N)CC1O. The minimum absolute atomic E-state index is 0.285. The van der Waals surface area contributed by atoms with E-state index in [0.717, 1.165) is 13.0 Å². The number of nitrogens with zero attached hydrogens (tertiary/aromatic N) is 1. The minimum atomic E-state index is -0.380. The van der Waals surface area contributed by atoms with E-state index in [4.69, 9.17) is 5.73 Å². The molecule has 1 aromatic rings. The standard InChI is InChI=1S/C12H16BrFN2O/c1-7-2-3-16(6-12(7)17)11-5-9(14)8(13)4-10(11)15/h4-5,7,12,17H,2-3,6,15H2,1H3. The second kappa shape index (κ2) is 4.82. The fraction of sp³-hybridized carbons (Fsp3) is 0.500. The summed E-state index contributed by atoms with van der Waals surface area (Å²) in [6.45, 7) is 3.32. The zero-order valence-corrected chi connectivity index (χ0v) is 11.2. The molecule has 1 aliphatic heterocycles. The van der Waals surface area contributed by atoms with Gasteiger partial charge in [-0.15, -0.1) is 0 Å². The first-order valence-corrected chi connectivity index (χ1v) is 6.46. The molecule has 94 valence electrons. The normalized spacial score (nSPS) is 25.1. The molecule has 3 nitrogen and oxygen atoms in total. The van der Waals surface area contributed by atoms with Gasteiger partial charge in [-0.3, -0.25) is 0 Å². The highest BCUT2D eigenvalue weighted by Gasteiger charge is 2.25. The van der Waals surface area contributed by atoms with Crippen molar-refractivity contribution in [3.05, 3.63) is 22.4 Å². The van der Waals surface area contributed by atoms with E-state index in [1.807, 2.05) is 11.8 Å². The van der Waals surface area contributed by atoms with Gasteiger partial charge in [0, 0.05) is 19.2 Å². The molecular weight excluding hydrogens is 287 g/mol. The number of halogens is 2. The highest BCUT2D eigenvalue weighted by Crippen LogP contribution is 2.32. The van der Waals surface area contributed by atoms with E-state index >= 15 is 0 Å². The molecule has 0 bridgehead atoms. The maximum atomic E-state index is 13.5. The summed E-state index contributed by atoms with van der Waals surface area (Å²) in [6, 6.07) is 2.98. The van der Waals surface area contributed by atoms with E-state index in [2.05, 4.69) is 15.9 Å². The predicted octanol–water partition coefficient (Wildman–Crippen LogP) is 2.38. The van der Waals surface area contributed by atoms with Crippen LogP contribution in [0.3, 0.4) is 0 Å². The average Bonchev–Trinajstić information content (AvgIpc) is 2.27. The van der Waals surface area contributed by atoms with Gasteiger partial charge < -0.3 is 15.7 Å². The van der Waals surface area contributed by atoms with Crippen LogP contribution in [-0.2, 0) is 0 Å². The zero-order valence-electron chi connectivity index (χ0n) is 9.66. The van der Waals surface area contributed by atoms with Crippen molar-refractivity contribution in [2.75, 3.05) is 23.7 Å². The number of nitrogen functional groups attached to an aromatic ring is 1. The zero-order chi connectivity index (χ0) is 12.6. The summed E-state index contributed by atoms with van der Waals surface area (Å²) in [5.41, 5.74) is 7.07. The van der Waals surface area contributed by atoms with Crippen LogP contribution in [0.15, 0.2) is 16.6 Å². The number of β-amino-alcohol motifs (C(OH)–C–C–N with tert-alkyl or cyclic N) is 1. The number of hydrogen-bond acceptors (Lipinski definition) is 3. The number of hydrogen-bond donors (Lipinski definition) is 2. The van der Waals surface area contributed by atoms with Crippen LogP contribution < -0.4 is 10.6 Å². The summed E-state index contributed by atoms with van der Waals surface area (Å²) in [5.74, 6) is -0.0462. The molecule has 5 heteroatoms. The van der Waals surface area contributed by atoms with Crippen molar-refractivity contribution < 1.29 is 9.50 Å². The first kappa shape index (κ1) is 12.6. The number of aliphatic hydroxyl groups is 1. The number of benzene rings is 1. The molecule has 0 aliphatic carbocycles. The van der Waals surface area contributed by atoms with E-state index in [9.17, 15) is 9.50 Å². The molecule has 1 saturated heterocycles. The van der Waals surface area contributed by atoms with Crippen molar-refractivity contribution >= 4 is 27.3 Å². The Bertz CT molecular complexity index is 427. The van der Waals surface area contributed by atoms with Crippen LogP contribution in [0.4, 0.5) is 15.8 Å². The van der Waals surface area contributed by atoms with Crippen molar-refractivity contribution in [3.63, 3.8) is 0 Å². The third-order valence-corrected chi connectivity index (χ3v) is 3.94. The largest absolute Gasteiger partial charge is 0.397 e. The predicted molar refractivity (Wildman–Crippen MR) is 70.5 cm³/mol. The minimum Gasteiger partial charge on any atom is -0.397 e. The molecule has 0 radical (unpaired) electrons. The van der Waals surface area contributed by atoms with Crippen molar-refractivity contribution in [3.8, 4) is 0 Å². The Labute approximate surface area is 109 Å². The molecular formula is C12H16BrFN2O.